The number of carbonyl (C=O) groups is 1. The number of benzene rings is 1. The van der Waals surface area contributed by atoms with Crippen molar-refractivity contribution >= 4 is 15.9 Å². The first-order valence-corrected chi connectivity index (χ1v) is 11.7. The van der Waals surface area contributed by atoms with E-state index in [4.69, 9.17) is 0 Å². The van der Waals surface area contributed by atoms with Gasteiger partial charge >= 0.3 is 0 Å². The Bertz CT molecular complexity index is 1050. The van der Waals surface area contributed by atoms with Gasteiger partial charge in [0.05, 0.1) is 10.5 Å². The minimum atomic E-state index is -3.83. The van der Waals surface area contributed by atoms with Gasteiger partial charge in [0.25, 0.3) is 5.91 Å². The summed E-state index contributed by atoms with van der Waals surface area (Å²) in [7, 11) is -3.83. The van der Waals surface area contributed by atoms with E-state index >= 15 is 0 Å². The Morgan fingerprint density at radius 3 is 2.73 bits per heavy atom. The molecule has 0 radical (unpaired) electrons. The highest BCUT2D eigenvalue weighted by Crippen LogP contribution is 2.38. The highest BCUT2D eigenvalue weighted by molar-refractivity contribution is 7.89. The molecule has 0 bridgehead atoms. The number of likely N-dealkylation sites (tertiary alicyclic amines) is 1. The molecule has 1 amide bonds. The summed E-state index contributed by atoms with van der Waals surface area (Å²) < 4.78 is 43.9. The van der Waals surface area contributed by atoms with Crippen LogP contribution in [0.3, 0.4) is 0 Å². The van der Waals surface area contributed by atoms with Crippen LogP contribution in [0.25, 0.3) is 0 Å². The Labute approximate surface area is 175 Å². The summed E-state index contributed by atoms with van der Waals surface area (Å²) in [5.74, 6) is -0.334. The molecule has 1 aromatic heterocycles. The van der Waals surface area contributed by atoms with Gasteiger partial charge in [-0.25, -0.2) is 17.5 Å². The molecule has 1 saturated carbocycles. The summed E-state index contributed by atoms with van der Waals surface area (Å²) in [5, 5.41) is 8.31. The summed E-state index contributed by atoms with van der Waals surface area (Å²) in [6, 6.07) is 3.46. The number of carbonyl (C=O) groups excluding carboxylic acids is 1. The van der Waals surface area contributed by atoms with Gasteiger partial charge in [0.15, 0.2) is 0 Å². The predicted molar refractivity (Wildman–Crippen MR) is 108 cm³/mol. The molecule has 4 rings (SSSR count). The van der Waals surface area contributed by atoms with Crippen LogP contribution in [-0.4, -0.2) is 53.1 Å². The third-order valence-corrected chi connectivity index (χ3v) is 7.14. The number of hydrogen-bond donors (Lipinski definition) is 1. The van der Waals surface area contributed by atoms with Crippen LogP contribution in [0.15, 0.2) is 29.4 Å². The molecule has 1 unspecified atom stereocenters. The molecular weight excluding hydrogens is 409 g/mol. The first kappa shape index (κ1) is 20.9. The lowest BCUT2D eigenvalue weighted by Gasteiger charge is -2.32. The standard InChI is InChI=1S/C20H26FN5O3S/c1-13(2)24-30(28,29)16-7-8-18(21)17(10-16)20(27)25-9-3-4-14(11-25)19-23-22-12-26(19)15-5-6-15/h7-8,10,12-15,24H,3-6,9,11H2,1-2H3. The zero-order chi connectivity index (χ0) is 21.5. The second kappa shape index (κ2) is 8.07. The van der Waals surface area contributed by atoms with Crippen LogP contribution in [0.2, 0.25) is 0 Å². The molecule has 1 N–H and O–H groups in total. The molecule has 1 aromatic carbocycles. The quantitative estimate of drug-likeness (QED) is 0.752. The van der Waals surface area contributed by atoms with E-state index in [-0.39, 0.29) is 22.4 Å². The molecule has 8 nitrogen and oxygen atoms in total. The SMILES string of the molecule is CC(C)NS(=O)(=O)c1ccc(F)c(C(=O)N2CCCC(c3nncn3C3CC3)C2)c1. The molecule has 1 aliphatic heterocycles. The van der Waals surface area contributed by atoms with Crippen LogP contribution in [-0.2, 0) is 10.0 Å². The maximum atomic E-state index is 14.5. The minimum absolute atomic E-state index is 0.0309. The fourth-order valence-corrected chi connectivity index (χ4v) is 5.21. The number of hydrogen-bond acceptors (Lipinski definition) is 5. The Balaban J connectivity index is 1.56. The first-order valence-electron chi connectivity index (χ1n) is 10.3. The Morgan fingerprint density at radius 2 is 2.03 bits per heavy atom. The smallest absolute Gasteiger partial charge is 0.256 e. The van der Waals surface area contributed by atoms with Crippen molar-refractivity contribution in [1.82, 2.24) is 24.4 Å². The zero-order valence-electron chi connectivity index (χ0n) is 17.1. The third-order valence-electron chi connectivity index (χ3n) is 5.48. The molecule has 30 heavy (non-hydrogen) atoms. The van der Waals surface area contributed by atoms with Gasteiger partial charge in [0, 0.05) is 31.1 Å². The van der Waals surface area contributed by atoms with Gasteiger partial charge in [0.1, 0.15) is 18.0 Å². The van der Waals surface area contributed by atoms with E-state index in [9.17, 15) is 17.6 Å². The van der Waals surface area contributed by atoms with Crippen molar-refractivity contribution in [2.75, 3.05) is 13.1 Å². The highest BCUT2D eigenvalue weighted by atomic mass is 32.2. The lowest BCUT2D eigenvalue weighted by atomic mass is 9.96. The van der Waals surface area contributed by atoms with Gasteiger partial charge < -0.3 is 9.47 Å². The average Bonchev–Trinajstić information content (AvgIpc) is 3.43. The number of nitrogens with zero attached hydrogens (tertiary/aromatic N) is 4. The summed E-state index contributed by atoms with van der Waals surface area (Å²) in [6.45, 7) is 4.29. The van der Waals surface area contributed by atoms with Crippen LogP contribution in [0.5, 0.6) is 0 Å². The van der Waals surface area contributed by atoms with Crippen molar-refractivity contribution in [2.45, 2.75) is 62.4 Å². The molecule has 1 aliphatic carbocycles. The predicted octanol–water partition coefficient (Wildman–Crippen LogP) is 2.46. The summed E-state index contributed by atoms with van der Waals surface area (Å²) in [5.41, 5.74) is -0.231. The molecule has 2 fully saturated rings. The van der Waals surface area contributed by atoms with E-state index in [2.05, 4.69) is 19.5 Å². The van der Waals surface area contributed by atoms with Crippen LogP contribution < -0.4 is 4.72 Å². The highest BCUT2D eigenvalue weighted by Gasteiger charge is 2.33. The second-order valence-corrected chi connectivity index (χ2v) is 10.0. The zero-order valence-corrected chi connectivity index (χ0v) is 17.9. The van der Waals surface area contributed by atoms with E-state index in [1.165, 1.54) is 6.07 Å². The van der Waals surface area contributed by atoms with Crippen LogP contribution >= 0.6 is 0 Å². The summed E-state index contributed by atoms with van der Waals surface area (Å²) >= 11 is 0. The number of amides is 1. The van der Waals surface area contributed by atoms with Gasteiger partial charge in [-0.1, -0.05) is 0 Å². The number of nitrogens with one attached hydrogen (secondary N) is 1. The number of halogens is 1. The van der Waals surface area contributed by atoms with E-state index in [1.807, 2.05) is 0 Å². The lowest BCUT2D eigenvalue weighted by molar-refractivity contribution is 0.0698. The van der Waals surface area contributed by atoms with Crippen LogP contribution in [0, 0.1) is 5.82 Å². The fourth-order valence-electron chi connectivity index (χ4n) is 3.93. The average molecular weight is 436 g/mol. The normalized spacial score (nSPS) is 20.0. The van der Waals surface area contributed by atoms with Gasteiger partial charge in [-0.2, -0.15) is 0 Å². The maximum absolute atomic E-state index is 14.5. The number of piperidine rings is 1. The second-order valence-electron chi connectivity index (χ2n) is 8.34. The number of sulfonamides is 1. The van der Waals surface area contributed by atoms with E-state index in [0.29, 0.717) is 19.1 Å². The Hall–Kier alpha value is -2.33. The Morgan fingerprint density at radius 1 is 1.27 bits per heavy atom. The first-order chi connectivity index (χ1) is 14.3. The lowest BCUT2D eigenvalue weighted by Crippen LogP contribution is -2.40. The van der Waals surface area contributed by atoms with Gasteiger partial charge in [-0.05, 0) is 57.7 Å². The fraction of sp³-hybridized carbons (Fsp3) is 0.550. The summed E-state index contributed by atoms with van der Waals surface area (Å²) in [6.07, 6.45) is 5.60. The molecule has 1 atom stereocenters. The van der Waals surface area contributed by atoms with Crippen LogP contribution in [0.4, 0.5) is 4.39 Å². The van der Waals surface area contributed by atoms with Crippen molar-refractivity contribution in [1.29, 1.82) is 0 Å². The maximum Gasteiger partial charge on any atom is 0.256 e. The molecule has 162 valence electrons. The van der Waals surface area contributed by atoms with Crippen molar-refractivity contribution in [3.63, 3.8) is 0 Å². The molecule has 10 heteroatoms. The molecule has 0 spiro atoms. The van der Waals surface area contributed by atoms with E-state index in [1.54, 1.807) is 25.1 Å². The topological polar surface area (TPSA) is 97.2 Å². The molecular formula is C20H26FN5O3S. The molecule has 2 heterocycles. The van der Waals surface area contributed by atoms with Crippen molar-refractivity contribution in [3.05, 3.63) is 41.7 Å². The number of rotatable bonds is 6. The Kier molecular flexibility index (Phi) is 5.63. The molecule has 1 saturated heterocycles. The van der Waals surface area contributed by atoms with Crippen molar-refractivity contribution in [3.8, 4) is 0 Å². The summed E-state index contributed by atoms with van der Waals surface area (Å²) in [4.78, 5) is 14.6. The monoisotopic (exact) mass is 435 g/mol. The minimum Gasteiger partial charge on any atom is -0.338 e. The van der Waals surface area contributed by atoms with E-state index in [0.717, 1.165) is 43.6 Å². The van der Waals surface area contributed by atoms with Crippen molar-refractivity contribution in [2.24, 2.45) is 0 Å². The third kappa shape index (κ3) is 4.24. The van der Waals surface area contributed by atoms with Gasteiger partial charge in [0.2, 0.25) is 10.0 Å². The van der Waals surface area contributed by atoms with Gasteiger partial charge in [-0.15, -0.1) is 10.2 Å². The molecule has 2 aromatic rings. The number of aromatic nitrogens is 3. The van der Waals surface area contributed by atoms with Crippen LogP contribution in [0.1, 0.15) is 67.7 Å². The van der Waals surface area contributed by atoms with Crippen molar-refractivity contribution < 1.29 is 17.6 Å². The van der Waals surface area contributed by atoms with E-state index < -0.39 is 21.7 Å². The molecule has 2 aliphatic rings. The largest absolute Gasteiger partial charge is 0.338 e. The van der Waals surface area contributed by atoms with Gasteiger partial charge in [-0.3, -0.25) is 4.79 Å².